The first kappa shape index (κ1) is 13.8. The highest BCUT2D eigenvalue weighted by Gasteiger charge is 2.01. The van der Waals surface area contributed by atoms with Crippen LogP contribution in [-0.2, 0) is 0 Å². The minimum absolute atomic E-state index is 0.539. The van der Waals surface area contributed by atoms with Gasteiger partial charge in [-0.2, -0.15) is 10.2 Å². The van der Waals surface area contributed by atoms with Gasteiger partial charge in [0.1, 0.15) is 0 Å². The fourth-order valence-corrected chi connectivity index (χ4v) is 2.34. The summed E-state index contributed by atoms with van der Waals surface area (Å²) in [5, 5.41) is 15.2. The van der Waals surface area contributed by atoms with Crippen molar-refractivity contribution in [2.75, 3.05) is 5.43 Å². The van der Waals surface area contributed by atoms with Crippen LogP contribution >= 0.6 is 23.2 Å². The normalized spacial score (nSPS) is 11.1. The van der Waals surface area contributed by atoms with E-state index in [-0.39, 0.29) is 0 Å². The van der Waals surface area contributed by atoms with Crippen LogP contribution < -0.4 is 5.43 Å². The number of rotatable bonds is 3. The largest absolute Gasteiger partial charge is 0.259 e. The van der Waals surface area contributed by atoms with Crippen molar-refractivity contribution >= 4 is 46.0 Å². The average molecular weight is 317 g/mol. The molecule has 1 aromatic heterocycles. The third kappa shape index (κ3) is 3.12. The van der Waals surface area contributed by atoms with Crippen molar-refractivity contribution in [1.82, 2.24) is 10.2 Å². The Bertz CT molecular complexity index is 812. The van der Waals surface area contributed by atoms with Gasteiger partial charge in [0, 0.05) is 21.4 Å². The molecule has 1 heterocycles. The predicted molar refractivity (Wildman–Crippen MR) is 87.2 cm³/mol. The Balaban J connectivity index is 1.84. The number of hydrogen-bond donors (Lipinski definition) is 1. The van der Waals surface area contributed by atoms with Gasteiger partial charge in [0.25, 0.3) is 0 Å². The van der Waals surface area contributed by atoms with Gasteiger partial charge < -0.3 is 0 Å². The number of fused-ring (bicyclic) bond motifs is 1. The Kier molecular flexibility index (Phi) is 3.99. The van der Waals surface area contributed by atoms with Gasteiger partial charge in [-0.3, -0.25) is 5.43 Å². The Morgan fingerprint density at radius 3 is 2.81 bits per heavy atom. The van der Waals surface area contributed by atoms with Crippen molar-refractivity contribution < 1.29 is 0 Å². The zero-order valence-corrected chi connectivity index (χ0v) is 12.3. The van der Waals surface area contributed by atoms with E-state index in [1.165, 1.54) is 0 Å². The molecule has 104 valence electrons. The third-order valence-electron chi connectivity index (χ3n) is 2.91. The summed E-state index contributed by atoms with van der Waals surface area (Å²) in [6.07, 6.45) is 3.32. The summed E-state index contributed by atoms with van der Waals surface area (Å²) in [5.41, 5.74) is 3.65. The summed E-state index contributed by atoms with van der Waals surface area (Å²) in [4.78, 5) is 0. The molecule has 0 bridgehead atoms. The molecule has 0 saturated heterocycles. The lowest BCUT2D eigenvalue weighted by Gasteiger charge is -2.03. The molecule has 0 spiro atoms. The topological polar surface area (TPSA) is 50.2 Å². The number of nitrogens with zero attached hydrogens (tertiary/aromatic N) is 3. The van der Waals surface area contributed by atoms with Crippen LogP contribution in [-0.4, -0.2) is 16.4 Å². The molecular formula is C15H10Cl2N4. The quantitative estimate of drug-likeness (QED) is 0.576. The first-order valence-electron chi connectivity index (χ1n) is 6.18. The van der Waals surface area contributed by atoms with Gasteiger partial charge in [0.05, 0.1) is 17.4 Å². The first-order valence-corrected chi connectivity index (χ1v) is 6.94. The molecule has 0 radical (unpaired) electrons. The van der Waals surface area contributed by atoms with E-state index in [0.29, 0.717) is 15.9 Å². The highest BCUT2D eigenvalue weighted by Crippen LogP contribution is 2.21. The molecule has 0 aliphatic carbocycles. The second-order valence-corrected chi connectivity index (χ2v) is 5.16. The smallest absolute Gasteiger partial charge is 0.176 e. The van der Waals surface area contributed by atoms with Crippen LogP contribution in [0, 0.1) is 0 Å². The van der Waals surface area contributed by atoms with Crippen molar-refractivity contribution in [3.05, 3.63) is 64.3 Å². The summed E-state index contributed by atoms with van der Waals surface area (Å²) < 4.78 is 0. The number of aromatic nitrogens is 2. The summed E-state index contributed by atoms with van der Waals surface area (Å²) in [5.74, 6) is 0.592. The van der Waals surface area contributed by atoms with Crippen molar-refractivity contribution in [1.29, 1.82) is 0 Å². The lowest BCUT2D eigenvalue weighted by atomic mass is 10.2. The van der Waals surface area contributed by atoms with E-state index in [1.807, 2.05) is 24.3 Å². The van der Waals surface area contributed by atoms with Crippen LogP contribution in [0.2, 0.25) is 10.0 Å². The Hall–Kier alpha value is -2.17. The molecular weight excluding hydrogens is 307 g/mol. The number of hydrazone groups is 1. The van der Waals surface area contributed by atoms with E-state index in [1.54, 1.807) is 30.6 Å². The van der Waals surface area contributed by atoms with E-state index in [0.717, 1.165) is 16.3 Å². The maximum Gasteiger partial charge on any atom is 0.176 e. The molecule has 0 aliphatic heterocycles. The number of benzene rings is 2. The maximum absolute atomic E-state index is 6.07. The lowest BCUT2D eigenvalue weighted by Crippen LogP contribution is -1.96. The highest BCUT2D eigenvalue weighted by molar-refractivity contribution is 6.36. The van der Waals surface area contributed by atoms with Gasteiger partial charge >= 0.3 is 0 Å². The van der Waals surface area contributed by atoms with Crippen LogP contribution in [0.15, 0.2) is 53.8 Å². The molecule has 4 nitrogen and oxygen atoms in total. The number of nitrogens with one attached hydrogen (secondary N) is 1. The third-order valence-corrected chi connectivity index (χ3v) is 3.47. The van der Waals surface area contributed by atoms with Gasteiger partial charge in [-0.1, -0.05) is 53.5 Å². The van der Waals surface area contributed by atoms with Gasteiger partial charge in [0.15, 0.2) is 5.82 Å². The first-order chi connectivity index (χ1) is 10.2. The van der Waals surface area contributed by atoms with Crippen molar-refractivity contribution in [3.8, 4) is 0 Å². The number of hydrogen-bond acceptors (Lipinski definition) is 4. The molecule has 0 atom stereocenters. The lowest BCUT2D eigenvalue weighted by molar-refractivity contribution is 1.04. The Labute approximate surface area is 131 Å². The van der Waals surface area contributed by atoms with E-state index < -0.39 is 0 Å². The number of halogens is 2. The van der Waals surface area contributed by atoms with E-state index in [9.17, 15) is 0 Å². The van der Waals surface area contributed by atoms with Crippen molar-refractivity contribution in [2.24, 2.45) is 5.10 Å². The molecule has 6 heteroatoms. The Morgan fingerprint density at radius 1 is 1.10 bits per heavy atom. The Morgan fingerprint density at radius 2 is 1.95 bits per heavy atom. The molecule has 0 aliphatic rings. The zero-order valence-electron chi connectivity index (χ0n) is 10.8. The fourth-order valence-electron chi connectivity index (χ4n) is 1.88. The molecule has 0 saturated carbocycles. The summed E-state index contributed by atoms with van der Waals surface area (Å²) in [7, 11) is 0. The van der Waals surface area contributed by atoms with Crippen LogP contribution in [0.3, 0.4) is 0 Å². The standard InChI is InChI=1S/C15H10Cl2N4/c16-12-6-5-11(14(17)7-12)9-19-21-15-13-4-2-1-3-10(13)8-18-20-15/h1-9H,(H,20,21). The highest BCUT2D eigenvalue weighted by atomic mass is 35.5. The van der Waals surface area contributed by atoms with Crippen LogP contribution in [0.1, 0.15) is 5.56 Å². The summed E-state index contributed by atoms with van der Waals surface area (Å²) in [6.45, 7) is 0. The number of anilines is 1. The van der Waals surface area contributed by atoms with Crippen molar-refractivity contribution in [2.45, 2.75) is 0 Å². The fraction of sp³-hybridized carbons (Fsp3) is 0. The monoisotopic (exact) mass is 316 g/mol. The minimum atomic E-state index is 0.539. The molecule has 21 heavy (non-hydrogen) atoms. The molecule has 1 N–H and O–H groups in total. The van der Waals surface area contributed by atoms with E-state index >= 15 is 0 Å². The molecule has 0 fully saturated rings. The molecule has 2 aromatic carbocycles. The second-order valence-electron chi connectivity index (χ2n) is 4.32. The molecule has 3 rings (SSSR count). The zero-order chi connectivity index (χ0) is 14.7. The average Bonchev–Trinajstić information content (AvgIpc) is 2.50. The maximum atomic E-state index is 6.07. The SMILES string of the molecule is Clc1ccc(C=NNc2nncc3ccccc23)c(Cl)c1. The molecule has 0 amide bonds. The van der Waals surface area contributed by atoms with Gasteiger partial charge in [-0.25, -0.2) is 0 Å². The van der Waals surface area contributed by atoms with Crippen LogP contribution in [0.4, 0.5) is 5.82 Å². The van der Waals surface area contributed by atoms with Gasteiger partial charge in [0.2, 0.25) is 0 Å². The van der Waals surface area contributed by atoms with Crippen LogP contribution in [0.5, 0.6) is 0 Å². The van der Waals surface area contributed by atoms with Gasteiger partial charge in [-0.15, -0.1) is 5.10 Å². The minimum Gasteiger partial charge on any atom is -0.259 e. The summed E-state index contributed by atoms with van der Waals surface area (Å²) >= 11 is 11.9. The van der Waals surface area contributed by atoms with Crippen molar-refractivity contribution in [3.63, 3.8) is 0 Å². The summed E-state index contributed by atoms with van der Waals surface area (Å²) in [6, 6.07) is 13.0. The van der Waals surface area contributed by atoms with E-state index in [2.05, 4.69) is 20.7 Å². The van der Waals surface area contributed by atoms with Crippen LogP contribution in [0.25, 0.3) is 10.8 Å². The second kappa shape index (κ2) is 6.08. The van der Waals surface area contributed by atoms with Gasteiger partial charge in [-0.05, 0) is 12.1 Å². The molecule has 3 aromatic rings. The van der Waals surface area contributed by atoms with E-state index in [4.69, 9.17) is 23.2 Å². The molecule has 0 unspecified atom stereocenters. The predicted octanol–water partition coefficient (Wildman–Crippen LogP) is 4.38.